The minimum Gasteiger partial charge on any atom is -0.482 e. The second-order valence-electron chi connectivity index (χ2n) is 6.09. The standard InChI is InChI=1S/C18H19NO5S/c1-12-9-15(7-8-17(12)24-11-18(20)21)25(22,23)19-13(2)10-14-5-3-4-6-16(14)19/h3-9,13H,10-11H2,1-2H3,(H,20,21)/t13-/m1/s1. The molecule has 1 N–H and O–H groups in total. The number of fused-ring (bicyclic) bond motifs is 1. The molecule has 7 heteroatoms. The lowest BCUT2D eigenvalue weighted by molar-refractivity contribution is -0.139. The first-order chi connectivity index (χ1) is 11.8. The van der Waals surface area contributed by atoms with Gasteiger partial charge in [0, 0.05) is 6.04 Å². The normalized spacial score (nSPS) is 16.6. The Bertz CT molecular complexity index is 923. The van der Waals surface area contributed by atoms with Crippen LogP contribution in [0.2, 0.25) is 0 Å². The number of carbonyl (C=O) groups is 1. The summed E-state index contributed by atoms with van der Waals surface area (Å²) in [5.41, 5.74) is 2.29. The van der Waals surface area contributed by atoms with Gasteiger partial charge in [-0.15, -0.1) is 0 Å². The number of aryl methyl sites for hydroxylation is 1. The molecular weight excluding hydrogens is 342 g/mol. The van der Waals surface area contributed by atoms with Crippen LogP contribution in [-0.4, -0.2) is 32.1 Å². The summed E-state index contributed by atoms with van der Waals surface area (Å²) in [4.78, 5) is 10.8. The summed E-state index contributed by atoms with van der Waals surface area (Å²) in [5.74, 6) is -0.727. The first-order valence-electron chi connectivity index (χ1n) is 7.88. The van der Waals surface area contributed by atoms with E-state index in [4.69, 9.17) is 9.84 Å². The van der Waals surface area contributed by atoms with Gasteiger partial charge in [-0.2, -0.15) is 0 Å². The smallest absolute Gasteiger partial charge is 0.341 e. The molecule has 0 fully saturated rings. The van der Waals surface area contributed by atoms with Gasteiger partial charge in [0.2, 0.25) is 0 Å². The Hall–Kier alpha value is -2.54. The zero-order chi connectivity index (χ0) is 18.2. The summed E-state index contributed by atoms with van der Waals surface area (Å²) in [7, 11) is -3.71. The molecule has 0 radical (unpaired) electrons. The fourth-order valence-electron chi connectivity index (χ4n) is 3.10. The number of benzene rings is 2. The van der Waals surface area contributed by atoms with E-state index < -0.39 is 22.6 Å². The maximum Gasteiger partial charge on any atom is 0.341 e. The van der Waals surface area contributed by atoms with Crippen LogP contribution < -0.4 is 9.04 Å². The molecule has 6 nitrogen and oxygen atoms in total. The van der Waals surface area contributed by atoms with Gasteiger partial charge in [0.15, 0.2) is 6.61 Å². The van der Waals surface area contributed by atoms with Crippen molar-refractivity contribution in [2.45, 2.75) is 31.2 Å². The highest BCUT2D eigenvalue weighted by molar-refractivity contribution is 7.92. The molecule has 0 spiro atoms. The second-order valence-corrected chi connectivity index (χ2v) is 7.91. The van der Waals surface area contributed by atoms with E-state index in [0.29, 0.717) is 23.4 Å². The number of para-hydroxylation sites is 1. The molecule has 3 rings (SSSR count). The highest BCUT2D eigenvalue weighted by Gasteiger charge is 2.35. The minimum atomic E-state index is -3.71. The molecule has 0 saturated carbocycles. The fraction of sp³-hybridized carbons (Fsp3) is 0.278. The van der Waals surface area contributed by atoms with E-state index in [1.165, 1.54) is 22.5 Å². The van der Waals surface area contributed by atoms with Crippen molar-refractivity contribution in [3.8, 4) is 5.75 Å². The van der Waals surface area contributed by atoms with Crippen LogP contribution in [0.5, 0.6) is 5.75 Å². The summed E-state index contributed by atoms with van der Waals surface area (Å²) in [6.07, 6.45) is 0.675. The Morgan fingerprint density at radius 3 is 2.68 bits per heavy atom. The van der Waals surface area contributed by atoms with E-state index in [-0.39, 0.29) is 10.9 Å². The van der Waals surface area contributed by atoms with E-state index in [1.54, 1.807) is 6.92 Å². The third-order valence-electron chi connectivity index (χ3n) is 4.20. The van der Waals surface area contributed by atoms with Crippen molar-refractivity contribution in [2.24, 2.45) is 0 Å². The van der Waals surface area contributed by atoms with Gasteiger partial charge in [-0.05, 0) is 55.7 Å². The predicted octanol–water partition coefficient (Wildman–Crippen LogP) is 2.60. The van der Waals surface area contributed by atoms with Gasteiger partial charge >= 0.3 is 5.97 Å². The zero-order valence-electron chi connectivity index (χ0n) is 14.0. The number of carboxylic acids is 1. The average Bonchev–Trinajstić information content (AvgIpc) is 2.89. The molecular formula is C18H19NO5S. The lowest BCUT2D eigenvalue weighted by Crippen LogP contribution is -2.35. The number of hydrogen-bond donors (Lipinski definition) is 1. The van der Waals surface area contributed by atoms with E-state index in [2.05, 4.69) is 0 Å². The minimum absolute atomic E-state index is 0.161. The quantitative estimate of drug-likeness (QED) is 0.885. The molecule has 1 aliphatic heterocycles. The maximum atomic E-state index is 13.1. The molecule has 2 aromatic carbocycles. The Balaban J connectivity index is 1.96. The summed E-state index contributed by atoms with van der Waals surface area (Å²) in [5, 5.41) is 8.69. The van der Waals surface area contributed by atoms with Crippen LogP contribution in [0, 0.1) is 6.92 Å². The van der Waals surface area contributed by atoms with Crippen molar-refractivity contribution in [3.63, 3.8) is 0 Å². The molecule has 1 heterocycles. The molecule has 0 unspecified atom stereocenters. The molecule has 25 heavy (non-hydrogen) atoms. The van der Waals surface area contributed by atoms with Crippen LogP contribution in [0.4, 0.5) is 5.69 Å². The SMILES string of the molecule is Cc1cc(S(=O)(=O)N2c3ccccc3C[C@H]2C)ccc1OCC(=O)O. The van der Waals surface area contributed by atoms with Crippen LogP contribution >= 0.6 is 0 Å². The molecule has 1 atom stereocenters. The summed E-state index contributed by atoms with van der Waals surface area (Å²) < 4.78 is 32.9. The number of anilines is 1. The van der Waals surface area contributed by atoms with Crippen molar-refractivity contribution in [3.05, 3.63) is 53.6 Å². The molecule has 0 aromatic heterocycles. The highest BCUT2D eigenvalue weighted by Crippen LogP contribution is 2.37. The van der Waals surface area contributed by atoms with Crippen LogP contribution in [-0.2, 0) is 21.2 Å². The Morgan fingerprint density at radius 1 is 1.28 bits per heavy atom. The Labute approximate surface area is 146 Å². The molecule has 1 aliphatic rings. The number of sulfonamides is 1. The Morgan fingerprint density at radius 2 is 2.00 bits per heavy atom. The number of carboxylic acid groups (broad SMARTS) is 1. The summed E-state index contributed by atoms with van der Waals surface area (Å²) >= 11 is 0. The first-order valence-corrected chi connectivity index (χ1v) is 9.32. The van der Waals surface area contributed by atoms with Gasteiger partial charge in [-0.3, -0.25) is 4.31 Å². The van der Waals surface area contributed by atoms with E-state index >= 15 is 0 Å². The van der Waals surface area contributed by atoms with Crippen LogP contribution in [0.3, 0.4) is 0 Å². The van der Waals surface area contributed by atoms with Gasteiger partial charge in [-0.25, -0.2) is 13.2 Å². The van der Waals surface area contributed by atoms with Crippen molar-refractivity contribution >= 4 is 21.7 Å². The predicted molar refractivity (Wildman–Crippen MR) is 93.6 cm³/mol. The largest absolute Gasteiger partial charge is 0.482 e. The fourth-order valence-corrected chi connectivity index (χ4v) is 4.88. The summed E-state index contributed by atoms with van der Waals surface area (Å²) in [6, 6.07) is 11.8. The summed E-state index contributed by atoms with van der Waals surface area (Å²) in [6.45, 7) is 3.11. The third kappa shape index (κ3) is 3.19. The maximum absolute atomic E-state index is 13.1. The number of ether oxygens (including phenoxy) is 1. The highest BCUT2D eigenvalue weighted by atomic mass is 32.2. The number of hydrogen-bond acceptors (Lipinski definition) is 4. The first kappa shape index (κ1) is 17.3. The average molecular weight is 361 g/mol. The topological polar surface area (TPSA) is 83.9 Å². The van der Waals surface area contributed by atoms with Gasteiger partial charge in [-0.1, -0.05) is 18.2 Å². The van der Waals surface area contributed by atoms with Crippen LogP contribution in [0.1, 0.15) is 18.1 Å². The van der Waals surface area contributed by atoms with E-state index in [1.807, 2.05) is 31.2 Å². The van der Waals surface area contributed by atoms with Crippen LogP contribution in [0.15, 0.2) is 47.4 Å². The zero-order valence-corrected chi connectivity index (χ0v) is 14.8. The van der Waals surface area contributed by atoms with E-state index in [9.17, 15) is 13.2 Å². The lowest BCUT2D eigenvalue weighted by Gasteiger charge is -2.24. The molecule has 0 saturated heterocycles. The van der Waals surface area contributed by atoms with Gasteiger partial charge in [0.1, 0.15) is 5.75 Å². The molecule has 0 bridgehead atoms. The molecule has 0 amide bonds. The van der Waals surface area contributed by atoms with Crippen molar-refractivity contribution in [2.75, 3.05) is 10.9 Å². The van der Waals surface area contributed by atoms with Gasteiger partial charge in [0.05, 0.1) is 10.6 Å². The monoisotopic (exact) mass is 361 g/mol. The van der Waals surface area contributed by atoms with Gasteiger partial charge in [0.25, 0.3) is 10.0 Å². The molecule has 132 valence electrons. The number of rotatable bonds is 5. The molecule has 0 aliphatic carbocycles. The third-order valence-corrected chi connectivity index (χ3v) is 6.12. The van der Waals surface area contributed by atoms with Crippen molar-refractivity contribution < 1.29 is 23.1 Å². The van der Waals surface area contributed by atoms with Gasteiger partial charge < -0.3 is 9.84 Å². The molecule has 2 aromatic rings. The lowest BCUT2D eigenvalue weighted by atomic mass is 10.1. The number of aliphatic carboxylic acids is 1. The Kier molecular flexibility index (Phi) is 4.43. The van der Waals surface area contributed by atoms with E-state index in [0.717, 1.165) is 5.56 Å². The second kappa shape index (κ2) is 6.40. The number of nitrogens with zero attached hydrogens (tertiary/aromatic N) is 1. The van der Waals surface area contributed by atoms with Crippen LogP contribution in [0.25, 0.3) is 0 Å². The van der Waals surface area contributed by atoms with Crippen molar-refractivity contribution in [1.82, 2.24) is 0 Å². The van der Waals surface area contributed by atoms with Crippen molar-refractivity contribution in [1.29, 1.82) is 0 Å².